The number of pyridine rings is 1. The first-order chi connectivity index (χ1) is 8.65. The van der Waals surface area contributed by atoms with E-state index in [4.69, 9.17) is 10.5 Å². The molecule has 2 atom stereocenters. The summed E-state index contributed by atoms with van der Waals surface area (Å²) in [6.07, 6.45) is 1.69. The zero-order chi connectivity index (χ0) is 13.1. The van der Waals surface area contributed by atoms with Crippen LogP contribution in [0.2, 0.25) is 0 Å². The zero-order valence-corrected chi connectivity index (χ0v) is 11.0. The van der Waals surface area contributed by atoms with Gasteiger partial charge in [0.2, 0.25) is 0 Å². The number of nitrogens with two attached hydrogens (primary N) is 1. The molecule has 1 aromatic heterocycles. The van der Waals surface area contributed by atoms with Crippen LogP contribution in [0.25, 0.3) is 0 Å². The minimum atomic E-state index is -0.128. The molecule has 0 aliphatic carbocycles. The van der Waals surface area contributed by atoms with Gasteiger partial charge in [0, 0.05) is 19.3 Å². The Bertz CT molecular complexity index is 411. The summed E-state index contributed by atoms with van der Waals surface area (Å²) in [6, 6.07) is 2.33. The minimum absolute atomic E-state index is 0.0448. The maximum atomic E-state index is 9.20. The smallest absolute Gasteiger partial charge is 0.131 e. The molecule has 0 spiro atoms. The Morgan fingerprint density at radius 3 is 3.00 bits per heavy atom. The first kappa shape index (κ1) is 13.3. The predicted molar refractivity (Wildman–Crippen MR) is 70.5 cm³/mol. The summed E-state index contributed by atoms with van der Waals surface area (Å²) in [5.74, 6) is 0.960. The van der Waals surface area contributed by atoms with E-state index >= 15 is 0 Å². The monoisotopic (exact) mass is 251 g/mol. The van der Waals surface area contributed by atoms with Gasteiger partial charge in [-0.25, -0.2) is 4.98 Å². The van der Waals surface area contributed by atoms with Crippen LogP contribution in [-0.4, -0.2) is 42.0 Å². The molecule has 0 radical (unpaired) electrons. The minimum Gasteiger partial charge on any atom is -0.394 e. The fourth-order valence-electron chi connectivity index (χ4n) is 2.26. The average Bonchev–Trinajstić information content (AvgIpc) is 2.39. The number of hydrogen-bond acceptors (Lipinski definition) is 5. The number of rotatable bonds is 3. The summed E-state index contributed by atoms with van der Waals surface area (Å²) in [5, 5.41) is 9.20. The Hall–Kier alpha value is -1.17. The van der Waals surface area contributed by atoms with Gasteiger partial charge in [-0.2, -0.15) is 0 Å². The van der Waals surface area contributed by atoms with Crippen molar-refractivity contribution in [2.24, 2.45) is 5.73 Å². The third-order valence-corrected chi connectivity index (χ3v) is 3.32. The molecule has 100 valence electrons. The fraction of sp³-hybridized carbons (Fsp3) is 0.615. The number of nitrogens with zero attached hydrogens (tertiary/aromatic N) is 2. The highest BCUT2D eigenvalue weighted by Gasteiger charge is 2.27. The van der Waals surface area contributed by atoms with Crippen LogP contribution in [0.3, 0.4) is 0 Å². The molecule has 2 heterocycles. The molecule has 0 saturated carbocycles. The van der Waals surface area contributed by atoms with E-state index in [0.717, 1.165) is 16.9 Å². The Kier molecular flexibility index (Phi) is 4.16. The van der Waals surface area contributed by atoms with Crippen molar-refractivity contribution in [1.29, 1.82) is 0 Å². The summed E-state index contributed by atoms with van der Waals surface area (Å²) in [4.78, 5) is 6.70. The van der Waals surface area contributed by atoms with E-state index < -0.39 is 0 Å². The highest BCUT2D eigenvalue weighted by molar-refractivity contribution is 5.48. The topological polar surface area (TPSA) is 71.6 Å². The lowest BCUT2D eigenvalue weighted by atomic mass is 10.1. The van der Waals surface area contributed by atoms with Gasteiger partial charge in [0.15, 0.2) is 0 Å². The highest BCUT2D eigenvalue weighted by atomic mass is 16.5. The molecule has 0 bridgehead atoms. The molecular formula is C13H21N3O2. The quantitative estimate of drug-likeness (QED) is 0.815. The van der Waals surface area contributed by atoms with Crippen LogP contribution in [0.1, 0.15) is 18.1 Å². The van der Waals surface area contributed by atoms with Crippen molar-refractivity contribution in [2.75, 3.05) is 24.7 Å². The van der Waals surface area contributed by atoms with Gasteiger partial charge in [-0.1, -0.05) is 0 Å². The van der Waals surface area contributed by atoms with Crippen LogP contribution in [0, 0.1) is 6.92 Å². The third kappa shape index (κ3) is 2.63. The SMILES string of the molecule is Cc1cc(CN)cnc1N1CC(CO)OCC1C. The van der Waals surface area contributed by atoms with Crippen LogP contribution in [0.15, 0.2) is 12.3 Å². The standard InChI is InChI=1S/C13H21N3O2/c1-9-3-11(4-14)5-15-13(9)16-6-12(7-17)18-8-10(16)2/h3,5,10,12,17H,4,6-8,14H2,1-2H3. The van der Waals surface area contributed by atoms with Gasteiger partial charge in [0.05, 0.1) is 25.4 Å². The van der Waals surface area contributed by atoms with Crippen LogP contribution in [-0.2, 0) is 11.3 Å². The lowest BCUT2D eigenvalue weighted by Gasteiger charge is -2.39. The van der Waals surface area contributed by atoms with Crippen molar-refractivity contribution >= 4 is 5.82 Å². The van der Waals surface area contributed by atoms with Crippen LogP contribution >= 0.6 is 0 Å². The molecular weight excluding hydrogens is 230 g/mol. The molecule has 18 heavy (non-hydrogen) atoms. The van der Waals surface area contributed by atoms with Crippen LogP contribution < -0.4 is 10.6 Å². The summed E-state index contributed by atoms with van der Waals surface area (Å²) in [7, 11) is 0. The van der Waals surface area contributed by atoms with E-state index in [1.807, 2.05) is 13.1 Å². The summed E-state index contributed by atoms with van der Waals surface area (Å²) in [5.41, 5.74) is 7.76. The normalized spacial score (nSPS) is 24.3. The van der Waals surface area contributed by atoms with Gasteiger partial charge >= 0.3 is 0 Å². The van der Waals surface area contributed by atoms with Crippen molar-refractivity contribution in [3.8, 4) is 0 Å². The second-order valence-electron chi connectivity index (χ2n) is 4.83. The molecule has 1 fully saturated rings. The van der Waals surface area contributed by atoms with Gasteiger partial charge in [-0.3, -0.25) is 0 Å². The number of aliphatic hydroxyl groups excluding tert-OH is 1. The molecule has 2 unspecified atom stereocenters. The van der Waals surface area contributed by atoms with E-state index in [1.54, 1.807) is 0 Å². The zero-order valence-electron chi connectivity index (χ0n) is 11.0. The van der Waals surface area contributed by atoms with Gasteiger partial charge in [-0.15, -0.1) is 0 Å². The molecule has 1 aliphatic heterocycles. The molecule has 2 rings (SSSR count). The molecule has 1 aliphatic rings. The first-order valence-corrected chi connectivity index (χ1v) is 6.30. The fourth-order valence-corrected chi connectivity index (χ4v) is 2.26. The molecule has 5 heteroatoms. The Balaban J connectivity index is 2.23. The Labute approximate surface area is 108 Å². The number of ether oxygens (including phenoxy) is 1. The molecule has 1 saturated heterocycles. The largest absolute Gasteiger partial charge is 0.394 e. The second-order valence-corrected chi connectivity index (χ2v) is 4.83. The van der Waals surface area contributed by atoms with Crippen molar-refractivity contribution in [3.63, 3.8) is 0 Å². The number of aliphatic hydroxyl groups is 1. The summed E-state index contributed by atoms with van der Waals surface area (Å²) < 4.78 is 5.54. The summed E-state index contributed by atoms with van der Waals surface area (Å²) >= 11 is 0. The van der Waals surface area contributed by atoms with Gasteiger partial charge < -0.3 is 20.5 Å². The lowest BCUT2D eigenvalue weighted by Crippen LogP contribution is -2.50. The number of aromatic nitrogens is 1. The van der Waals surface area contributed by atoms with Crippen LogP contribution in [0.5, 0.6) is 0 Å². The van der Waals surface area contributed by atoms with E-state index in [1.165, 1.54) is 0 Å². The highest BCUT2D eigenvalue weighted by Crippen LogP contribution is 2.23. The van der Waals surface area contributed by atoms with Crippen molar-refractivity contribution in [3.05, 3.63) is 23.4 Å². The number of hydrogen-bond donors (Lipinski definition) is 2. The Morgan fingerprint density at radius 2 is 2.39 bits per heavy atom. The predicted octanol–water partition coefficient (Wildman–Crippen LogP) is 0.435. The maximum absolute atomic E-state index is 9.20. The third-order valence-electron chi connectivity index (χ3n) is 3.32. The van der Waals surface area contributed by atoms with Crippen molar-refractivity contribution in [2.45, 2.75) is 32.5 Å². The average molecular weight is 251 g/mol. The van der Waals surface area contributed by atoms with Gasteiger partial charge in [0.1, 0.15) is 5.82 Å². The lowest BCUT2D eigenvalue weighted by molar-refractivity contribution is -0.0106. The Morgan fingerprint density at radius 1 is 1.61 bits per heavy atom. The second kappa shape index (κ2) is 5.65. The molecule has 5 nitrogen and oxygen atoms in total. The van der Waals surface area contributed by atoms with E-state index in [2.05, 4.69) is 22.9 Å². The van der Waals surface area contributed by atoms with E-state index in [-0.39, 0.29) is 18.8 Å². The van der Waals surface area contributed by atoms with E-state index in [0.29, 0.717) is 19.7 Å². The molecule has 0 amide bonds. The number of morpholine rings is 1. The maximum Gasteiger partial charge on any atom is 0.131 e. The van der Waals surface area contributed by atoms with Crippen molar-refractivity contribution < 1.29 is 9.84 Å². The van der Waals surface area contributed by atoms with Gasteiger partial charge in [-0.05, 0) is 31.0 Å². The number of aryl methyl sites for hydroxylation is 1. The first-order valence-electron chi connectivity index (χ1n) is 6.30. The number of anilines is 1. The summed E-state index contributed by atoms with van der Waals surface area (Å²) in [6.45, 7) is 5.98. The molecule has 0 aromatic carbocycles. The molecule has 3 N–H and O–H groups in total. The van der Waals surface area contributed by atoms with Crippen molar-refractivity contribution in [1.82, 2.24) is 4.98 Å². The van der Waals surface area contributed by atoms with Crippen LogP contribution in [0.4, 0.5) is 5.82 Å². The van der Waals surface area contributed by atoms with E-state index in [9.17, 15) is 5.11 Å². The molecule has 1 aromatic rings. The van der Waals surface area contributed by atoms with Gasteiger partial charge in [0.25, 0.3) is 0 Å².